The Morgan fingerprint density at radius 2 is 2.00 bits per heavy atom. The molecule has 0 radical (unpaired) electrons. The molecule has 0 saturated carbocycles. The van der Waals surface area contributed by atoms with Crippen molar-refractivity contribution >= 4 is 17.3 Å². The van der Waals surface area contributed by atoms with Crippen LogP contribution >= 0.6 is 12.2 Å². The molecule has 0 aliphatic heterocycles. The molecule has 0 amide bonds. The molecule has 13 heavy (non-hydrogen) atoms. The summed E-state index contributed by atoms with van der Waals surface area (Å²) in [4.78, 5) is 4.46. The molecule has 0 heterocycles. The normalized spacial score (nSPS) is 9.69. The second-order valence-electron chi connectivity index (χ2n) is 2.79. The minimum atomic E-state index is 0.655. The molecular formula is C8H19N3OS. The van der Waals surface area contributed by atoms with Gasteiger partial charge in [0.05, 0.1) is 6.61 Å². The molecule has 0 saturated heterocycles. The molecule has 0 aromatic heterocycles. The topological polar surface area (TPSA) is 59.3 Å². The van der Waals surface area contributed by atoms with E-state index in [2.05, 4.69) is 15.5 Å². The quantitative estimate of drug-likeness (QED) is 0.321. The molecule has 0 aromatic rings. The molecule has 0 unspecified atom stereocenters. The van der Waals surface area contributed by atoms with Gasteiger partial charge in [0.2, 0.25) is 0 Å². The van der Waals surface area contributed by atoms with Gasteiger partial charge in [0.1, 0.15) is 0 Å². The summed E-state index contributed by atoms with van der Waals surface area (Å²) in [5, 5.41) is 6.66. The van der Waals surface area contributed by atoms with Crippen LogP contribution in [-0.4, -0.2) is 25.3 Å². The minimum Gasteiger partial charge on any atom is -0.366 e. The molecule has 0 atom stereocenters. The number of unbranched alkanes of at least 4 members (excludes halogenated alkanes) is 3. The molecule has 0 bridgehead atoms. The molecule has 0 aliphatic rings. The molecule has 5 heteroatoms. The first-order valence-corrected chi connectivity index (χ1v) is 4.99. The summed E-state index contributed by atoms with van der Waals surface area (Å²) in [6, 6.07) is 0. The van der Waals surface area contributed by atoms with Crippen LogP contribution in [0.2, 0.25) is 0 Å². The Balaban J connectivity index is 2.95. The first-order chi connectivity index (χ1) is 6.31. The van der Waals surface area contributed by atoms with Crippen LogP contribution < -0.4 is 16.5 Å². The molecule has 0 aromatic carbocycles. The van der Waals surface area contributed by atoms with E-state index >= 15 is 0 Å². The van der Waals surface area contributed by atoms with Gasteiger partial charge in [-0.15, -0.1) is 0 Å². The summed E-state index contributed by atoms with van der Waals surface area (Å²) >= 11 is 4.92. The van der Waals surface area contributed by atoms with Gasteiger partial charge in [-0.25, -0.2) is 5.90 Å². The van der Waals surface area contributed by atoms with E-state index in [1.165, 1.54) is 6.42 Å². The third-order valence-corrected chi connectivity index (χ3v) is 2.05. The van der Waals surface area contributed by atoms with Crippen molar-refractivity contribution < 1.29 is 4.84 Å². The minimum absolute atomic E-state index is 0.655. The maximum absolute atomic E-state index is 4.92. The van der Waals surface area contributed by atoms with Crippen molar-refractivity contribution in [3.8, 4) is 0 Å². The monoisotopic (exact) mass is 205 g/mol. The SMILES string of the molecule is CNC(=S)NCCCCCCON. The fraction of sp³-hybridized carbons (Fsp3) is 0.875. The second kappa shape index (κ2) is 9.70. The van der Waals surface area contributed by atoms with E-state index in [4.69, 9.17) is 18.1 Å². The van der Waals surface area contributed by atoms with Crippen molar-refractivity contribution in [1.82, 2.24) is 10.6 Å². The highest BCUT2D eigenvalue weighted by molar-refractivity contribution is 7.80. The molecule has 0 rings (SSSR count). The van der Waals surface area contributed by atoms with Crippen molar-refractivity contribution in [2.24, 2.45) is 5.90 Å². The largest absolute Gasteiger partial charge is 0.366 e. The number of hydrogen-bond acceptors (Lipinski definition) is 3. The summed E-state index contributed by atoms with van der Waals surface area (Å²) in [6.45, 7) is 1.59. The second-order valence-corrected chi connectivity index (χ2v) is 3.20. The highest BCUT2D eigenvalue weighted by Crippen LogP contribution is 1.98. The average Bonchev–Trinajstić information content (AvgIpc) is 2.16. The van der Waals surface area contributed by atoms with Gasteiger partial charge in [0.15, 0.2) is 5.11 Å². The number of thiocarbonyl (C=S) groups is 1. The third-order valence-electron chi connectivity index (χ3n) is 1.70. The fourth-order valence-electron chi connectivity index (χ4n) is 0.954. The van der Waals surface area contributed by atoms with E-state index in [1.54, 1.807) is 0 Å². The Morgan fingerprint density at radius 1 is 1.31 bits per heavy atom. The molecule has 4 nitrogen and oxygen atoms in total. The van der Waals surface area contributed by atoms with Crippen LogP contribution in [0, 0.1) is 0 Å². The van der Waals surface area contributed by atoms with Crippen LogP contribution in [0.15, 0.2) is 0 Å². The number of rotatable bonds is 7. The first kappa shape index (κ1) is 12.6. The standard InChI is InChI=1S/C8H19N3OS/c1-10-8(13)11-6-4-2-3-5-7-12-9/h2-7,9H2,1H3,(H2,10,11,13). The molecular weight excluding hydrogens is 186 g/mol. The Labute approximate surface area is 85.2 Å². The summed E-state index contributed by atoms with van der Waals surface area (Å²) in [5.74, 6) is 4.89. The lowest BCUT2D eigenvalue weighted by Crippen LogP contribution is -2.32. The Morgan fingerprint density at radius 3 is 2.62 bits per heavy atom. The summed E-state index contributed by atoms with van der Waals surface area (Å²) < 4.78 is 0. The van der Waals surface area contributed by atoms with Gasteiger partial charge in [0.25, 0.3) is 0 Å². The number of nitrogens with two attached hydrogens (primary N) is 1. The zero-order valence-corrected chi connectivity index (χ0v) is 8.95. The Kier molecular flexibility index (Phi) is 9.41. The van der Waals surface area contributed by atoms with E-state index in [0.29, 0.717) is 11.7 Å². The average molecular weight is 205 g/mol. The van der Waals surface area contributed by atoms with Crippen molar-refractivity contribution in [3.05, 3.63) is 0 Å². The lowest BCUT2D eigenvalue weighted by atomic mass is 10.2. The third kappa shape index (κ3) is 9.52. The fourth-order valence-corrected chi connectivity index (χ4v) is 1.06. The highest BCUT2D eigenvalue weighted by Gasteiger charge is 1.91. The summed E-state index contributed by atoms with van der Waals surface area (Å²) in [6.07, 6.45) is 4.51. The van der Waals surface area contributed by atoms with Gasteiger partial charge in [-0.1, -0.05) is 12.8 Å². The van der Waals surface area contributed by atoms with Gasteiger partial charge in [-0.3, -0.25) is 0 Å². The predicted molar refractivity (Wildman–Crippen MR) is 58.3 cm³/mol. The summed E-state index contributed by atoms with van der Waals surface area (Å²) in [7, 11) is 1.81. The number of nitrogens with one attached hydrogen (secondary N) is 2. The lowest BCUT2D eigenvalue weighted by molar-refractivity contribution is 0.133. The van der Waals surface area contributed by atoms with E-state index in [0.717, 1.165) is 25.8 Å². The van der Waals surface area contributed by atoms with Crippen LogP contribution in [0.1, 0.15) is 25.7 Å². The smallest absolute Gasteiger partial charge is 0.166 e. The van der Waals surface area contributed by atoms with Crippen molar-refractivity contribution in [1.29, 1.82) is 0 Å². The molecule has 4 N–H and O–H groups in total. The van der Waals surface area contributed by atoms with Crippen LogP contribution in [-0.2, 0) is 4.84 Å². The lowest BCUT2D eigenvalue weighted by Gasteiger charge is -2.06. The van der Waals surface area contributed by atoms with Gasteiger partial charge in [0, 0.05) is 13.6 Å². The van der Waals surface area contributed by atoms with E-state index in [1.807, 2.05) is 7.05 Å². The van der Waals surface area contributed by atoms with Crippen LogP contribution in [0.25, 0.3) is 0 Å². The predicted octanol–water partition coefficient (Wildman–Crippen LogP) is 0.531. The van der Waals surface area contributed by atoms with Crippen LogP contribution in [0.4, 0.5) is 0 Å². The highest BCUT2D eigenvalue weighted by atomic mass is 32.1. The molecule has 78 valence electrons. The zero-order chi connectivity index (χ0) is 9.94. The molecule has 0 aliphatic carbocycles. The van der Waals surface area contributed by atoms with E-state index in [9.17, 15) is 0 Å². The maximum Gasteiger partial charge on any atom is 0.166 e. The van der Waals surface area contributed by atoms with Gasteiger partial charge >= 0.3 is 0 Å². The van der Waals surface area contributed by atoms with Crippen molar-refractivity contribution in [3.63, 3.8) is 0 Å². The van der Waals surface area contributed by atoms with Gasteiger partial charge in [-0.2, -0.15) is 0 Å². The Bertz CT molecular complexity index is 133. The summed E-state index contributed by atoms with van der Waals surface area (Å²) in [5.41, 5.74) is 0. The van der Waals surface area contributed by atoms with E-state index in [-0.39, 0.29) is 0 Å². The molecule has 0 spiro atoms. The van der Waals surface area contributed by atoms with Crippen LogP contribution in [0.5, 0.6) is 0 Å². The molecule has 0 fully saturated rings. The zero-order valence-electron chi connectivity index (χ0n) is 8.14. The maximum atomic E-state index is 4.92. The Hall–Kier alpha value is -0.390. The van der Waals surface area contributed by atoms with Gasteiger partial charge in [-0.05, 0) is 25.1 Å². The first-order valence-electron chi connectivity index (χ1n) is 4.58. The number of hydrogen-bond donors (Lipinski definition) is 3. The van der Waals surface area contributed by atoms with Crippen molar-refractivity contribution in [2.75, 3.05) is 20.2 Å². The van der Waals surface area contributed by atoms with Gasteiger partial charge < -0.3 is 15.5 Å². The van der Waals surface area contributed by atoms with Crippen LogP contribution in [0.3, 0.4) is 0 Å². The van der Waals surface area contributed by atoms with E-state index < -0.39 is 0 Å². The van der Waals surface area contributed by atoms with Crippen molar-refractivity contribution in [2.45, 2.75) is 25.7 Å².